The first kappa shape index (κ1) is 27.2. The maximum absolute atomic E-state index is 14.0. The number of carbonyl (C=O) groups excluding carboxylic acids is 2. The van der Waals surface area contributed by atoms with Crippen LogP contribution in [0.25, 0.3) is 15.9 Å². The van der Waals surface area contributed by atoms with Crippen LogP contribution in [0.15, 0.2) is 40.3 Å². The second kappa shape index (κ2) is 11.1. The van der Waals surface area contributed by atoms with Crippen LogP contribution in [0.1, 0.15) is 57.9 Å². The van der Waals surface area contributed by atoms with Crippen LogP contribution in [0.5, 0.6) is 0 Å². The molecule has 3 heterocycles. The van der Waals surface area contributed by atoms with E-state index in [1.807, 2.05) is 30.3 Å². The number of ether oxygens (including phenoxy) is 1. The number of benzene rings is 1. The molecule has 0 bridgehead atoms. The van der Waals surface area contributed by atoms with E-state index in [0.29, 0.717) is 32.9 Å². The fraction of sp³-hybridized carbons (Fsp3) is 0.400. The van der Waals surface area contributed by atoms with Crippen LogP contribution in [-0.2, 0) is 35.2 Å². The summed E-state index contributed by atoms with van der Waals surface area (Å²) in [6.45, 7) is 4.45. The molecule has 0 unspecified atom stereocenters. The summed E-state index contributed by atoms with van der Waals surface area (Å²) in [6, 6.07) is 9.48. The van der Waals surface area contributed by atoms with E-state index in [-0.39, 0.29) is 17.2 Å². The van der Waals surface area contributed by atoms with Gasteiger partial charge in [0.15, 0.2) is 5.16 Å². The number of hydrogen-bond donors (Lipinski definition) is 1. The number of esters is 1. The average Bonchev–Trinajstić information content (AvgIpc) is 3.48. The Kier molecular flexibility index (Phi) is 7.58. The molecule has 1 aromatic carbocycles. The van der Waals surface area contributed by atoms with Crippen LogP contribution in [0.2, 0.25) is 0 Å². The molecule has 208 valence electrons. The highest BCUT2D eigenvalue weighted by Gasteiger charge is 2.29. The molecule has 2 aliphatic carbocycles. The van der Waals surface area contributed by atoms with E-state index in [1.54, 1.807) is 15.9 Å². The molecule has 2 aliphatic rings. The number of aryl methyl sites for hydroxylation is 1. The number of hydrogen-bond acceptors (Lipinski definition) is 8. The van der Waals surface area contributed by atoms with Gasteiger partial charge in [0.2, 0.25) is 5.91 Å². The van der Waals surface area contributed by atoms with Crippen LogP contribution in [-0.4, -0.2) is 34.3 Å². The number of para-hydroxylation sites is 1. The quantitative estimate of drug-likeness (QED) is 0.161. The van der Waals surface area contributed by atoms with Gasteiger partial charge in [0.25, 0.3) is 5.56 Å². The number of nitrogens with one attached hydrogen (secondary N) is 1. The Labute approximate surface area is 245 Å². The van der Waals surface area contributed by atoms with E-state index in [4.69, 9.17) is 9.72 Å². The molecule has 4 aromatic rings. The molecule has 0 saturated heterocycles. The number of carbonyl (C=O) groups is 2. The first-order chi connectivity index (χ1) is 19.3. The maximum atomic E-state index is 14.0. The predicted molar refractivity (Wildman–Crippen MR) is 163 cm³/mol. The van der Waals surface area contributed by atoms with Crippen molar-refractivity contribution in [1.29, 1.82) is 0 Å². The molecule has 0 spiro atoms. The van der Waals surface area contributed by atoms with Crippen LogP contribution >= 0.6 is 34.4 Å². The summed E-state index contributed by atoms with van der Waals surface area (Å²) in [5, 5.41) is 4.71. The van der Waals surface area contributed by atoms with Gasteiger partial charge in [-0.05, 0) is 73.6 Å². The zero-order chi connectivity index (χ0) is 28.0. The molecule has 0 aliphatic heterocycles. The number of amides is 1. The number of fused-ring (bicyclic) bond motifs is 4. The highest BCUT2D eigenvalue weighted by atomic mass is 32.2. The molecule has 3 aromatic heterocycles. The smallest absolute Gasteiger partial charge is 0.341 e. The monoisotopic (exact) mass is 593 g/mol. The molecule has 0 fully saturated rings. The maximum Gasteiger partial charge on any atom is 0.341 e. The number of rotatable bonds is 6. The van der Waals surface area contributed by atoms with Crippen molar-refractivity contribution >= 4 is 61.5 Å². The molecular weight excluding hydrogens is 563 g/mol. The lowest BCUT2D eigenvalue weighted by atomic mass is 9.88. The summed E-state index contributed by atoms with van der Waals surface area (Å²) in [5.74, 6) is 0.506. The van der Waals surface area contributed by atoms with Gasteiger partial charge in [-0.15, -0.1) is 22.7 Å². The van der Waals surface area contributed by atoms with Gasteiger partial charge in [-0.3, -0.25) is 14.2 Å². The summed E-state index contributed by atoms with van der Waals surface area (Å²) >= 11 is 4.31. The number of anilines is 1. The van der Waals surface area contributed by atoms with E-state index in [0.717, 1.165) is 65.0 Å². The first-order valence-electron chi connectivity index (χ1n) is 13.6. The molecule has 2 atom stereocenters. The fourth-order valence-corrected chi connectivity index (χ4v) is 9.37. The van der Waals surface area contributed by atoms with Crippen LogP contribution in [0, 0.1) is 11.8 Å². The van der Waals surface area contributed by atoms with E-state index in [9.17, 15) is 14.4 Å². The van der Waals surface area contributed by atoms with Gasteiger partial charge in [0.1, 0.15) is 9.83 Å². The van der Waals surface area contributed by atoms with Gasteiger partial charge >= 0.3 is 5.97 Å². The second-order valence-electron chi connectivity index (χ2n) is 10.8. The lowest BCUT2D eigenvalue weighted by molar-refractivity contribution is -0.113. The molecule has 7 nitrogen and oxygen atoms in total. The largest absolute Gasteiger partial charge is 0.465 e. The first-order valence-corrected chi connectivity index (χ1v) is 16.2. The van der Waals surface area contributed by atoms with Crippen molar-refractivity contribution in [1.82, 2.24) is 9.55 Å². The summed E-state index contributed by atoms with van der Waals surface area (Å²) in [6.07, 6.45) is 5.64. The number of thiophene rings is 2. The zero-order valence-corrected chi connectivity index (χ0v) is 25.2. The third kappa shape index (κ3) is 5.01. The third-order valence-electron chi connectivity index (χ3n) is 7.80. The number of thioether (sulfide) groups is 1. The van der Waals surface area contributed by atoms with Crippen molar-refractivity contribution in [2.45, 2.75) is 57.5 Å². The van der Waals surface area contributed by atoms with Crippen molar-refractivity contribution in [3.63, 3.8) is 0 Å². The lowest BCUT2D eigenvalue weighted by Gasteiger charge is -2.18. The Bertz CT molecular complexity index is 1670. The molecule has 40 heavy (non-hydrogen) atoms. The number of nitrogens with zero attached hydrogens (tertiary/aromatic N) is 2. The van der Waals surface area contributed by atoms with E-state index < -0.39 is 5.97 Å². The summed E-state index contributed by atoms with van der Waals surface area (Å²) in [7, 11) is 1.37. The standard InChI is InChI=1S/C30H31N3O4S3/c1-16-9-11-19-21(13-16)39-26-24(19)28(35)33(18-7-5-4-6-8-18)30(32-26)38-15-23(34)31-27-25(29(36)37-3)20-12-10-17(2)14-22(20)40-27/h4-8,16-17H,9-15H2,1-3H3,(H,31,34)/t16-,17-/m0/s1. The lowest BCUT2D eigenvalue weighted by Crippen LogP contribution is -2.23. The Morgan fingerprint density at radius 1 is 1.05 bits per heavy atom. The highest BCUT2D eigenvalue weighted by Crippen LogP contribution is 2.40. The topological polar surface area (TPSA) is 90.3 Å². The molecule has 0 saturated carbocycles. The van der Waals surface area contributed by atoms with E-state index in [2.05, 4.69) is 19.2 Å². The summed E-state index contributed by atoms with van der Waals surface area (Å²) in [4.78, 5) is 47.9. The van der Waals surface area contributed by atoms with Gasteiger partial charge in [0.05, 0.1) is 29.5 Å². The SMILES string of the molecule is COC(=O)c1c(NC(=O)CSc2nc3sc4c(c3c(=O)n2-c2ccccc2)CC[C@H](C)C4)sc2c1CC[C@H](C)C2. The summed E-state index contributed by atoms with van der Waals surface area (Å²) < 4.78 is 6.70. The Hall–Kier alpha value is -2.95. The zero-order valence-electron chi connectivity index (χ0n) is 22.7. The number of aromatic nitrogens is 2. The van der Waals surface area contributed by atoms with Crippen molar-refractivity contribution in [3.05, 3.63) is 67.1 Å². The minimum Gasteiger partial charge on any atom is -0.465 e. The Balaban J connectivity index is 1.32. The van der Waals surface area contributed by atoms with Crippen LogP contribution in [0.3, 0.4) is 0 Å². The normalized spacial score (nSPS) is 18.3. The predicted octanol–water partition coefficient (Wildman–Crippen LogP) is 6.28. The van der Waals surface area contributed by atoms with Crippen molar-refractivity contribution in [2.75, 3.05) is 18.2 Å². The van der Waals surface area contributed by atoms with Gasteiger partial charge < -0.3 is 10.1 Å². The second-order valence-corrected chi connectivity index (χ2v) is 13.9. The summed E-state index contributed by atoms with van der Waals surface area (Å²) in [5.41, 5.74) is 3.26. The fourth-order valence-electron chi connectivity index (χ4n) is 5.72. The van der Waals surface area contributed by atoms with Crippen LogP contribution < -0.4 is 10.9 Å². The van der Waals surface area contributed by atoms with Gasteiger partial charge in [-0.2, -0.15) is 0 Å². The third-order valence-corrected chi connectivity index (χ3v) is 11.1. The molecule has 1 amide bonds. The molecular formula is C30H31N3O4S3. The molecule has 10 heteroatoms. The van der Waals surface area contributed by atoms with Crippen molar-refractivity contribution in [3.8, 4) is 5.69 Å². The average molecular weight is 594 g/mol. The van der Waals surface area contributed by atoms with E-state index in [1.165, 1.54) is 35.1 Å². The number of methoxy groups -OCH3 is 1. The molecule has 0 radical (unpaired) electrons. The highest BCUT2D eigenvalue weighted by molar-refractivity contribution is 7.99. The van der Waals surface area contributed by atoms with Gasteiger partial charge in [-0.25, -0.2) is 9.78 Å². The molecule has 1 N–H and O–H groups in total. The minimum absolute atomic E-state index is 0.0481. The minimum atomic E-state index is -0.420. The van der Waals surface area contributed by atoms with Crippen molar-refractivity contribution < 1.29 is 14.3 Å². The molecule has 6 rings (SSSR count). The van der Waals surface area contributed by atoms with Crippen molar-refractivity contribution in [2.24, 2.45) is 11.8 Å². The van der Waals surface area contributed by atoms with Gasteiger partial charge in [-0.1, -0.05) is 43.8 Å². The van der Waals surface area contributed by atoms with Gasteiger partial charge in [0, 0.05) is 9.75 Å². The Morgan fingerprint density at radius 3 is 2.42 bits per heavy atom. The van der Waals surface area contributed by atoms with Crippen LogP contribution in [0.4, 0.5) is 5.00 Å². The Morgan fingerprint density at radius 2 is 1.73 bits per heavy atom. The van der Waals surface area contributed by atoms with E-state index >= 15 is 0 Å².